The van der Waals surface area contributed by atoms with E-state index < -0.39 is 9.85 Å². The molecule has 0 fully saturated rings. The number of halogens is 1. The number of alkyl halides is 1. The second kappa shape index (κ2) is 29.7. The number of carbonyl (C=O) groups is 4. The number of nitrogens with zero attached hydrogens (tertiary/aromatic N) is 8. The summed E-state index contributed by atoms with van der Waals surface area (Å²) in [6, 6.07) is 55.0. The van der Waals surface area contributed by atoms with Crippen molar-refractivity contribution in [2.75, 3.05) is 40.9 Å². The number of nitro groups is 2. The van der Waals surface area contributed by atoms with Gasteiger partial charge in [-0.25, -0.2) is 0 Å². The number of methoxy groups -OCH3 is 3. The highest BCUT2D eigenvalue weighted by atomic mass is 35.5. The molecule has 4 amide bonds. The summed E-state index contributed by atoms with van der Waals surface area (Å²) in [4.78, 5) is 93.2. The number of carbonyl (C=O) groups excluding carboxylic acids is 4. The van der Waals surface area contributed by atoms with Crippen LogP contribution in [0.5, 0.6) is 40.2 Å². The number of aliphatic imine (C=N–C) groups is 2. The third-order valence-electron chi connectivity index (χ3n) is 21.4. The van der Waals surface area contributed by atoms with Crippen LogP contribution in [0.3, 0.4) is 0 Å². The number of phenols is 1. The molecule has 10 aromatic carbocycles. The smallest absolute Gasteiger partial charge is 0.270 e. The van der Waals surface area contributed by atoms with E-state index in [9.17, 15) is 44.5 Å². The third-order valence-corrected chi connectivity index (χ3v) is 21.7. The molecule has 8 aliphatic heterocycles. The number of fused-ring (bicyclic) bond motifs is 16. The first-order chi connectivity index (χ1) is 53.4. The number of phenolic OH excluding ortho intramolecular Hbond substituents is 1. The van der Waals surface area contributed by atoms with Crippen molar-refractivity contribution in [3.8, 4) is 40.2 Å². The van der Waals surface area contributed by atoms with E-state index >= 15 is 0 Å². The van der Waals surface area contributed by atoms with Crippen LogP contribution in [-0.4, -0.2) is 96.5 Å². The van der Waals surface area contributed by atoms with Crippen molar-refractivity contribution >= 4 is 93.2 Å². The van der Waals surface area contributed by atoms with Crippen molar-refractivity contribution in [1.29, 1.82) is 0 Å². The van der Waals surface area contributed by atoms with Gasteiger partial charge in [0.25, 0.3) is 35.0 Å². The first-order valence-corrected chi connectivity index (χ1v) is 36.7. The highest BCUT2D eigenvalue weighted by Gasteiger charge is 2.42. The molecule has 24 heteroatoms. The van der Waals surface area contributed by atoms with Gasteiger partial charge in [0.05, 0.1) is 65.8 Å². The Labute approximate surface area is 637 Å². The Bertz CT molecular complexity index is 5530. The van der Waals surface area contributed by atoms with Crippen molar-refractivity contribution < 1.29 is 62.6 Å². The molecule has 1 N–H and O–H groups in total. The van der Waals surface area contributed by atoms with Crippen molar-refractivity contribution in [1.82, 2.24) is 0 Å². The molecule has 10 aromatic rings. The Kier molecular flexibility index (Phi) is 19.3. The number of aromatic hydroxyl groups is 1. The molecular weight excluding hydrogens is 1420 g/mol. The minimum atomic E-state index is -0.465. The summed E-state index contributed by atoms with van der Waals surface area (Å²) in [5, 5.41) is 33.2. The number of benzene rings is 10. The maximum absolute atomic E-state index is 13.9. The Hall–Kier alpha value is -12.9. The average Bonchev–Trinajstić information content (AvgIpc) is 1.62. The van der Waals surface area contributed by atoms with Crippen molar-refractivity contribution in [3.63, 3.8) is 0 Å². The van der Waals surface area contributed by atoms with E-state index in [1.807, 2.05) is 120 Å². The van der Waals surface area contributed by atoms with Crippen LogP contribution in [0.15, 0.2) is 192 Å². The fourth-order valence-electron chi connectivity index (χ4n) is 16.2. The van der Waals surface area contributed by atoms with Gasteiger partial charge in [0.1, 0.15) is 25.6 Å². The fraction of sp³-hybridized carbons (Fsp3) is 0.233. The predicted octanol–water partition coefficient (Wildman–Crippen LogP) is 16.0. The highest BCUT2D eigenvalue weighted by molar-refractivity contribution is 6.17. The zero-order chi connectivity index (χ0) is 76.2. The third kappa shape index (κ3) is 13.5. The van der Waals surface area contributed by atoms with Crippen LogP contribution in [-0.2, 0) is 64.2 Å². The van der Waals surface area contributed by atoms with E-state index in [1.54, 1.807) is 64.5 Å². The lowest BCUT2D eigenvalue weighted by atomic mass is 9.99. The molecule has 0 saturated carbocycles. The normalized spacial score (nSPS) is 17.5. The summed E-state index contributed by atoms with van der Waals surface area (Å²) in [5.41, 5.74) is 16.3. The number of para-hydroxylation sites is 4. The topological polar surface area (TPSA) is 268 Å². The van der Waals surface area contributed by atoms with Crippen LogP contribution >= 0.6 is 11.6 Å². The van der Waals surface area contributed by atoms with E-state index in [4.69, 9.17) is 45.0 Å². The molecule has 4 atom stereocenters. The Morgan fingerprint density at radius 3 is 1.26 bits per heavy atom. The van der Waals surface area contributed by atoms with Gasteiger partial charge < -0.3 is 43.3 Å². The molecule has 0 aromatic heterocycles. The summed E-state index contributed by atoms with van der Waals surface area (Å²) >= 11 is 5.89. The number of hydrogen-bond acceptors (Lipinski definition) is 17. The quantitative estimate of drug-likeness (QED) is 0.0568. The molecule has 0 unspecified atom stereocenters. The lowest BCUT2D eigenvalue weighted by molar-refractivity contribution is -0.385. The summed E-state index contributed by atoms with van der Waals surface area (Å²) in [5.74, 6) is 2.41. The Balaban J connectivity index is 0.000000139. The molecule has 18 rings (SSSR count). The maximum Gasteiger partial charge on any atom is 0.270 e. The summed E-state index contributed by atoms with van der Waals surface area (Å²) in [6.07, 6.45) is 9.93. The molecule has 8 aliphatic rings. The van der Waals surface area contributed by atoms with Gasteiger partial charge >= 0.3 is 0 Å². The number of rotatable bonds is 15. The molecule has 23 nitrogen and oxygen atoms in total. The van der Waals surface area contributed by atoms with Crippen molar-refractivity contribution in [3.05, 3.63) is 286 Å². The number of aryl methyl sites for hydroxylation is 3. The van der Waals surface area contributed by atoms with E-state index in [1.165, 1.54) is 56.7 Å². The molecule has 0 saturated heterocycles. The van der Waals surface area contributed by atoms with E-state index in [0.29, 0.717) is 110 Å². The first-order valence-electron chi connectivity index (χ1n) is 36.1. The van der Waals surface area contributed by atoms with E-state index in [2.05, 4.69) is 17.1 Å². The molecule has 8 heterocycles. The van der Waals surface area contributed by atoms with Gasteiger partial charge in [0.2, 0.25) is 0 Å². The van der Waals surface area contributed by atoms with E-state index in [0.717, 1.165) is 82.7 Å². The fourth-order valence-corrected chi connectivity index (χ4v) is 16.3. The minimum Gasteiger partial charge on any atom is -0.504 e. The second-order valence-electron chi connectivity index (χ2n) is 28.1. The lowest BCUT2D eigenvalue weighted by Gasteiger charge is -2.23. The number of ether oxygens (including phenoxy) is 6. The van der Waals surface area contributed by atoms with Gasteiger partial charge in [-0.3, -0.25) is 59.2 Å². The molecule has 0 radical (unpaired) electrons. The molecule has 0 spiro atoms. The van der Waals surface area contributed by atoms with Crippen molar-refractivity contribution in [2.45, 2.75) is 108 Å². The largest absolute Gasteiger partial charge is 0.504 e. The van der Waals surface area contributed by atoms with Crippen LogP contribution in [0, 0.1) is 27.2 Å². The van der Waals surface area contributed by atoms with E-state index in [-0.39, 0.29) is 90.6 Å². The average molecular weight is 1490 g/mol. The Morgan fingerprint density at radius 2 is 0.800 bits per heavy atom. The number of amides is 4. The summed E-state index contributed by atoms with van der Waals surface area (Å²) in [6.45, 7) is 1.98. The zero-order valence-electron chi connectivity index (χ0n) is 60.4. The number of nitro benzene ring substituents is 2. The molecule has 554 valence electrons. The van der Waals surface area contributed by atoms with Crippen LogP contribution in [0.2, 0.25) is 0 Å². The van der Waals surface area contributed by atoms with Gasteiger partial charge in [-0.2, -0.15) is 0 Å². The molecule has 0 aliphatic carbocycles. The summed E-state index contributed by atoms with van der Waals surface area (Å²) in [7, 11) is 4.52. The molecule has 0 bridgehead atoms. The highest BCUT2D eigenvalue weighted by Crippen LogP contribution is 2.46. The minimum absolute atomic E-state index is 0.000694. The SMILES string of the molecule is COc1cc2c(cc1O)CC[C@@H]1Cc3ccccc3N1C2=O.COc1cc2c(cc1OCc1cc(CCl)cc([N+](=O)[O-])c1)N=C[C@@H]1Cc3ccccc3N1C2=O.COc1cc2c(cc1OCc1cc(COc3cc4c(cc3C)C(=O)N3c5ccccc5C[C@H]3C=N4)cc([N+](=O)[O-])c1)CC[C@@H]1Cc3ccccc3N1C2=O. The van der Waals surface area contributed by atoms with Gasteiger partial charge in [-0.1, -0.05) is 78.9 Å². The molecular formula is C86H73ClN8O15. The zero-order valence-corrected chi connectivity index (χ0v) is 61.1. The van der Waals surface area contributed by atoms with Crippen LogP contribution in [0.25, 0.3) is 0 Å². The van der Waals surface area contributed by atoms with Crippen LogP contribution < -0.4 is 48.0 Å². The predicted molar refractivity (Wildman–Crippen MR) is 416 cm³/mol. The van der Waals surface area contributed by atoms with Gasteiger partial charge in [-0.15, -0.1) is 11.6 Å². The van der Waals surface area contributed by atoms with Gasteiger partial charge in [0, 0.05) is 114 Å². The van der Waals surface area contributed by atoms with Crippen LogP contribution in [0.4, 0.5) is 45.5 Å². The number of hydrogen-bond donors (Lipinski definition) is 1. The van der Waals surface area contributed by atoms with Crippen molar-refractivity contribution in [2.24, 2.45) is 9.98 Å². The first kappa shape index (κ1) is 71.4. The van der Waals surface area contributed by atoms with Crippen LogP contribution in [0.1, 0.15) is 115 Å². The van der Waals surface area contributed by atoms with Gasteiger partial charge in [-0.05, 0) is 173 Å². The second-order valence-corrected chi connectivity index (χ2v) is 28.4. The van der Waals surface area contributed by atoms with Gasteiger partial charge in [0.15, 0.2) is 34.5 Å². The lowest BCUT2D eigenvalue weighted by Crippen LogP contribution is -2.37. The number of anilines is 4. The monoisotopic (exact) mass is 1490 g/mol. The maximum atomic E-state index is 13.9. The Morgan fingerprint density at radius 1 is 0.427 bits per heavy atom. The standard InChI is InChI=1S/C43H36N4O7.C25H20ClN3O5.C18H17NO3/c1-25-13-35-36(44-22-33-18-30-8-4-6-10-38(30)46(33)43(35)49)21-39(25)53-23-26-14-27(16-32(15-26)47(50)51)24-54-41-19-28-11-12-31-17-29-7-3-5-9-37(29)45(31)42(48)34(28)20-40(41)52-2;1-33-23-10-20-21(27-13-19-9-17-4-2-3-5-22(17)28(19)25(20)30)11-24(23)34-14-16-6-15(12-26)7-18(8-16)29(31)32;1-22-17-10-14-11(9-16(17)20)6-7-13-8-12-4-2-3-5-15(12)19(13)18(14)21/h3-10,13-16,19-22,31,33H,11-12,17-18,23-24H2,1-2H3;2-8,10-11,13,19H,9,12,14H2,1H3;2-5,9-10,13,20H,6-8H2,1H3/t31-,33+;19-;13-/m101/s1. The number of non-ortho nitro benzene ring substituents is 2. The summed E-state index contributed by atoms with van der Waals surface area (Å²) < 4.78 is 34.8. The molecule has 110 heavy (non-hydrogen) atoms.